The van der Waals surface area contributed by atoms with E-state index in [9.17, 15) is 0 Å². The molecule has 3 heteroatoms. The quantitative estimate of drug-likeness (QED) is 0.712. The zero-order valence-corrected chi connectivity index (χ0v) is 15.2. The van der Waals surface area contributed by atoms with Crippen LogP contribution in [0.1, 0.15) is 48.0 Å². The summed E-state index contributed by atoms with van der Waals surface area (Å²) in [5.41, 5.74) is 0. The van der Waals surface area contributed by atoms with E-state index in [0.717, 1.165) is 18.5 Å². The van der Waals surface area contributed by atoms with E-state index >= 15 is 0 Å². The second-order valence-corrected chi connectivity index (χ2v) is 6.15. The largest absolute Gasteiger partial charge is 0.305 e. The molecule has 0 N–H and O–H groups in total. The monoisotopic (exact) mass is 285 g/mol. The normalized spacial score (nSPS) is 19.1. The molecule has 0 spiro atoms. The first-order chi connectivity index (χ1) is 9.56. The molecule has 0 unspecified atom stereocenters. The SMILES string of the molecule is CC.CC[C@@H](CN(C)CC)N1CCN(CC(C)C)CC1. The third kappa shape index (κ3) is 7.61. The Hall–Kier alpha value is -0.120. The van der Waals surface area contributed by atoms with E-state index in [4.69, 9.17) is 0 Å². The first kappa shape index (κ1) is 19.9. The molecule has 0 bridgehead atoms. The zero-order valence-electron chi connectivity index (χ0n) is 15.2. The van der Waals surface area contributed by atoms with E-state index in [1.54, 1.807) is 0 Å². The second-order valence-electron chi connectivity index (χ2n) is 6.15. The third-order valence-corrected chi connectivity index (χ3v) is 4.08. The van der Waals surface area contributed by atoms with Gasteiger partial charge in [0.25, 0.3) is 0 Å². The Balaban J connectivity index is 0.00000172. The lowest BCUT2D eigenvalue weighted by atomic mass is 10.1. The van der Waals surface area contributed by atoms with Crippen LogP contribution in [0.25, 0.3) is 0 Å². The first-order valence-corrected chi connectivity index (χ1v) is 8.71. The van der Waals surface area contributed by atoms with E-state index in [1.165, 1.54) is 45.7 Å². The van der Waals surface area contributed by atoms with Crippen molar-refractivity contribution in [2.24, 2.45) is 5.92 Å². The molecule has 0 saturated carbocycles. The highest BCUT2D eigenvalue weighted by molar-refractivity contribution is 4.79. The standard InChI is InChI=1S/C15H33N3.C2H6/c1-6-15(13-16(5)7-2)18-10-8-17(9-11-18)12-14(3)4;1-2/h14-15H,6-13H2,1-5H3;1-2H3/t15-;/m0./s1. The molecule has 0 aromatic rings. The van der Waals surface area contributed by atoms with Gasteiger partial charge in [0.1, 0.15) is 0 Å². The van der Waals surface area contributed by atoms with E-state index in [0.29, 0.717) is 0 Å². The van der Waals surface area contributed by atoms with Crippen molar-refractivity contribution in [2.45, 2.75) is 54.0 Å². The van der Waals surface area contributed by atoms with Crippen molar-refractivity contribution in [3.05, 3.63) is 0 Å². The minimum absolute atomic E-state index is 0.746. The van der Waals surface area contributed by atoms with Gasteiger partial charge in [-0.15, -0.1) is 0 Å². The van der Waals surface area contributed by atoms with Crippen LogP contribution < -0.4 is 0 Å². The summed E-state index contributed by atoms with van der Waals surface area (Å²) in [4.78, 5) is 7.76. The van der Waals surface area contributed by atoms with Crippen LogP contribution >= 0.6 is 0 Å². The topological polar surface area (TPSA) is 9.72 Å². The Kier molecular flexibility index (Phi) is 11.5. The van der Waals surface area contributed by atoms with Crippen LogP contribution in [0.15, 0.2) is 0 Å². The molecule has 1 aliphatic rings. The van der Waals surface area contributed by atoms with Crippen LogP contribution in [0.3, 0.4) is 0 Å². The maximum Gasteiger partial charge on any atom is 0.0221 e. The van der Waals surface area contributed by atoms with Crippen LogP contribution in [-0.4, -0.2) is 73.6 Å². The first-order valence-electron chi connectivity index (χ1n) is 8.71. The summed E-state index contributed by atoms with van der Waals surface area (Å²) in [6.07, 6.45) is 1.27. The van der Waals surface area contributed by atoms with E-state index in [2.05, 4.69) is 49.4 Å². The molecule has 1 aliphatic heterocycles. The summed E-state index contributed by atoms with van der Waals surface area (Å²) in [5.74, 6) is 0.796. The van der Waals surface area contributed by atoms with Gasteiger partial charge in [-0.1, -0.05) is 41.5 Å². The molecular weight excluding hydrogens is 246 g/mol. The van der Waals surface area contributed by atoms with Gasteiger partial charge in [0.05, 0.1) is 0 Å². The van der Waals surface area contributed by atoms with Crippen LogP contribution in [0.2, 0.25) is 0 Å². The summed E-state index contributed by atoms with van der Waals surface area (Å²) < 4.78 is 0. The minimum atomic E-state index is 0.746. The molecule has 0 radical (unpaired) electrons. The molecule has 0 aromatic heterocycles. The summed E-state index contributed by atoms with van der Waals surface area (Å²) in [5, 5.41) is 0. The van der Waals surface area contributed by atoms with Crippen molar-refractivity contribution in [1.82, 2.24) is 14.7 Å². The average molecular weight is 286 g/mol. The number of piperazine rings is 1. The van der Waals surface area contributed by atoms with Crippen LogP contribution in [0.5, 0.6) is 0 Å². The summed E-state index contributed by atoms with van der Waals surface area (Å²) in [7, 11) is 2.23. The fourth-order valence-electron chi connectivity index (χ4n) is 2.82. The zero-order chi connectivity index (χ0) is 15.5. The molecular formula is C17H39N3. The van der Waals surface area contributed by atoms with Crippen molar-refractivity contribution in [1.29, 1.82) is 0 Å². The van der Waals surface area contributed by atoms with Gasteiger partial charge in [-0.05, 0) is 25.9 Å². The molecule has 0 aliphatic carbocycles. The van der Waals surface area contributed by atoms with Gasteiger partial charge in [-0.25, -0.2) is 0 Å². The Labute approximate surface area is 128 Å². The highest BCUT2D eigenvalue weighted by Gasteiger charge is 2.23. The number of hydrogen-bond acceptors (Lipinski definition) is 3. The van der Waals surface area contributed by atoms with Crippen molar-refractivity contribution in [3.8, 4) is 0 Å². The maximum absolute atomic E-state index is 2.70. The summed E-state index contributed by atoms with van der Waals surface area (Å²) in [6, 6.07) is 0.746. The predicted molar refractivity (Wildman–Crippen MR) is 91.4 cm³/mol. The van der Waals surface area contributed by atoms with Crippen molar-refractivity contribution in [2.75, 3.05) is 52.9 Å². The summed E-state index contributed by atoms with van der Waals surface area (Å²) in [6.45, 7) is 21.9. The molecule has 1 fully saturated rings. The lowest BCUT2D eigenvalue weighted by molar-refractivity contribution is 0.0732. The molecule has 0 aromatic carbocycles. The van der Waals surface area contributed by atoms with Crippen LogP contribution in [-0.2, 0) is 0 Å². The Bertz CT molecular complexity index is 210. The Morgan fingerprint density at radius 1 is 1.00 bits per heavy atom. The second kappa shape index (κ2) is 11.5. The highest BCUT2D eigenvalue weighted by atomic mass is 15.3. The third-order valence-electron chi connectivity index (χ3n) is 4.08. The van der Waals surface area contributed by atoms with Crippen LogP contribution in [0.4, 0.5) is 0 Å². The molecule has 1 saturated heterocycles. The highest BCUT2D eigenvalue weighted by Crippen LogP contribution is 2.11. The molecule has 20 heavy (non-hydrogen) atoms. The van der Waals surface area contributed by atoms with Gasteiger partial charge >= 0.3 is 0 Å². The maximum atomic E-state index is 2.70. The molecule has 122 valence electrons. The fraction of sp³-hybridized carbons (Fsp3) is 1.00. The lowest BCUT2D eigenvalue weighted by Crippen LogP contribution is -2.53. The van der Waals surface area contributed by atoms with Crippen molar-refractivity contribution < 1.29 is 0 Å². The van der Waals surface area contributed by atoms with E-state index in [-0.39, 0.29) is 0 Å². The lowest BCUT2D eigenvalue weighted by Gasteiger charge is -2.40. The van der Waals surface area contributed by atoms with E-state index in [1.807, 2.05) is 13.8 Å². The fourth-order valence-corrected chi connectivity index (χ4v) is 2.82. The Morgan fingerprint density at radius 2 is 1.55 bits per heavy atom. The van der Waals surface area contributed by atoms with Gasteiger partial charge < -0.3 is 9.80 Å². The molecule has 1 rings (SSSR count). The predicted octanol–water partition coefficient (Wildman–Crippen LogP) is 3.02. The van der Waals surface area contributed by atoms with Gasteiger partial charge in [0.2, 0.25) is 0 Å². The molecule has 0 amide bonds. The molecule has 3 nitrogen and oxygen atoms in total. The van der Waals surface area contributed by atoms with Gasteiger partial charge in [0, 0.05) is 45.3 Å². The van der Waals surface area contributed by atoms with Crippen molar-refractivity contribution in [3.63, 3.8) is 0 Å². The minimum Gasteiger partial charge on any atom is -0.305 e. The molecule has 1 heterocycles. The summed E-state index contributed by atoms with van der Waals surface area (Å²) >= 11 is 0. The molecule has 1 atom stereocenters. The average Bonchev–Trinajstić information content (AvgIpc) is 2.47. The number of hydrogen-bond donors (Lipinski definition) is 0. The number of rotatable bonds is 7. The van der Waals surface area contributed by atoms with Gasteiger partial charge in [0.15, 0.2) is 0 Å². The van der Waals surface area contributed by atoms with Crippen molar-refractivity contribution >= 4 is 0 Å². The number of likely N-dealkylation sites (N-methyl/N-ethyl adjacent to an activating group) is 1. The van der Waals surface area contributed by atoms with Gasteiger partial charge in [-0.3, -0.25) is 4.90 Å². The number of nitrogens with zero attached hydrogens (tertiary/aromatic N) is 3. The smallest absolute Gasteiger partial charge is 0.0221 e. The van der Waals surface area contributed by atoms with Gasteiger partial charge in [-0.2, -0.15) is 0 Å². The van der Waals surface area contributed by atoms with E-state index < -0.39 is 0 Å². The Morgan fingerprint density at radius 3 is 1.95 bits per heavy atom. The van der Waals surface area contributed by atoms with Crippen LogP contribution in [0, 0.1) is 5.92 Å².